The number of aromatic nitrogens is 1. The van der Waals surface area contributed by atoms with Crippen molar-refractivity contribution < 1.29 is 1.43 Å². The Kier molecular flexibility index (Phi) is 5.49. The van der Waals surface area contributed by atoms with Crippen molar-refractivity contribution in [2.75, 3.05) is 5.32 Å². The van der Waals surface area contributed by atoms with Crippen LogP contribution >= 0.6 is 0 Å². The second kappa shape index (κ2) is 9.42. The van der Waals surface area contributed by atoms with Crippen LogP contribution in [0.3, 0.4) is 0 Å². The number of hydrogen-bond acceptors (Lipinski definition) is 1. The van der Waals surface area contributed by atoms with E-state index in [1.807, 2.05) is 6.07 Å². The standard InChI is InChI=1S/C36H26N2.H2/c1-3-9-26(10-4-1)27-15-20-30(21-16-27)37-31-22-17-28(18-23-31)29-19-24-36-34(25-29)33-13-7-8-14-35(33)38(36)32-11-5-2-6-12-32;/h1-25,37H;1H. The lowest BCUT2D eigenvalue weighted by molar-refractivity contribution is 1.18. The van der Waals surface area contributed by atoms with Crippen LogP contribution in [0.15, 0.2) is 152 Å². The van der Waals surface area contributed by atoms with E-state index >= 15 is 0 Å². The number of benzene rings is 6. The van der Waals surface area contributed by atoms with E-state index in [9.17, 15) is 0 Å². The highest BCUT2D eigenvalue weighted by atomic mass is 15.0. The number of nitrogens with zero attached hydrogens (tertiary/aromatic N) is 1. The Morgan fingerprint density at radius 2 is 0.895 bits per heavy atom. The Bertz CT molecular complexity index is 1850. The summed E-state index contributed by atoms with van der Waals surface area (Å²) in [5.41, 5.74) is 10.6. The number of fused-ring (bicyclic) bond motifs is 3. The molecule has 0 radical (unpaired) electrons. The molecule has 0 aliphatic heterocycles. The zero-order valence-corrected chi connectivity index (χ0v) is 20.9. The first-order chi connectivity index (χ1) is 18.8. The number of anilines is 2. The lowest BCUT2D eigenvalue weighted by atomic mass is 10.0. The van der Waals surface area contributed by atoms with Crippen molar-refractivity contribution >= 4 is 33.2 Å². The summed E-state index contributed by atoms with van der Waals surface area (Å²) in [4.78, 5) is 0. The molecule has 1 heterocycles. The Morgan fingerprint density at radius 3 is 1.58 bits per heavy atom. The first-order valence-corrected chi connectivity index (χ1v) is 13.0. The fourth-order valence-corrected chi connectivity index (χ4v) is 5.30. The molecule has 2 heteroatoms. The summed E-state index contributed by atoms with van der Waals surface area (Å²) in [6, 6.07) is 53.8. The van der Waals surface area contributed by atoms with Gasteiger partial charge in [-0.3, -0.25) is 0 Å². The lowest BCUT2D eigenvalue weighted by Crippen LogP contribution is -1.93. The highest BCUT2D eigenvalue weighted by molar-refractivity contribution is 6.10. The fourth-order valence-electron chi connectivity index (χ4n) is 5.30. The summed E-state index contributed by atoms with van der Waals surface area (Å²) in [5, 5.41) is 6.07. The van der Waals surface area contributed by atoms with E-state index in [1.165, 1.54) is 49.7 Å². The quantitative estimate of drug-likeness (QED) is 0.255. The van der Waals surface area contributed by atoms with Gasteiger partial charge in [0, 0.05) is 29.3 Å². The zero-order valence-electron chi connectivity index (χ0n) is 20.9. The average Bonchev–Trinajstić information content (AvgIpc) is 3.33. The van der Waals surface area contributed by atoms with E-state index in [0.717, 1.165) is 11.4 Å². The van der Waals surface area contributed by atoms with Gasteiger partial charge in [-0.25, -0.2) is 0 Å². The first-order valence-electron chi connectivity index (χ1n) is 13.0. The number of para-hydroxylation sites is 2. The molecule has 0 atom stereocenters. The molecule has 0 saturated carbocycles. The van der Waals surface area contributed by atoms with Crippen molar-refractivity contribution in [3.8, 4) is 27.9 Å². The first kappa shape index (κ1) is 22.1. The molecule has 0 spiro atoms. The van der Waals surface area contributed by atoms with E-state index in [1.54, 1.807) is 0 Å². The third kappa shape index (κ3) is 4.03. The zero-order chi connectivity index (χ0) is 25.3. The topological polar surface area (TPSA) is 17.0 Å². The SMILES string of the molecule is [HH].c1ccc(-c2ccc(Nc3ccc(-c4ccc5c(c4)c4ccccc4n5-c4ccccc4)cc3)cc2)cc1. The van der Waals surface area contributed by atoms with Gasteiger partial charge in [0.2, 0.25) is 0 Å². The maximum absolute atomic E-state index is 3.53. The van der Waals surface area contributed by atoms with Crippen LogP contribution in [-0.4, -0.2) is 4.57 Å². The number of rotatable bonds is 5. The highest BCUT2D eigenvalue weighted by Gasteiger charge is 2.12. The van der Waals surface area contributed by atoms with E-state index in [4.69, 9.17) is 0 Å². The Balaban J connectivity index is 0.00000277. The van der Waals surface area contributed by atoms with Crippen molar-refractivity contribution in [3.05, 3.63) is 152 Å². The Hall–Kier alpha value is -5.08. The van der Waals surface area contributed by atoms with Crippen LogP contribution in [0.2, 0.25) is 0 Å². The van der Waals surface area contributed by atoms with Gasteiger partial charge < -0.3 is 9.88 Å². The molecule has 182 valence electrons. The second-order valence-corrected chi connectivity index (χ2v) is 9.57. The molecule has 38 heavy (non-hydrogen) atoms. The van der Waals surface area contributed by atoms with Gasteiger partial charge in [0.15, 0.2) is 0 Å². The van der Waals surface area contributed by atoms with Gasteiger partial charge in [-0.1, -0.05) is 97.1 Å². The monoisotopic (exact) mass is 488 g/mol. The average molecular weight is 489 g/mol. The molecule has 0 fully saturated rings. The van der Waals surface area contributed by atoms with E-state index in [-0.39, 0.29) is 1.43 Å². The van der Waals surface area contributed by atoms with Crippen LogP contribution in [0.5, 0.6) is 0 Å². The van der Waals surface area contributed by atoms with Crippen LogP contribution < -0.4 is 5.32 Å². The van der Waals surface area contributed by atoms with E-state index in [0.29, 0.717) is 0 Å². The third-order valence-corrected chi connectivity index (χ3v) is 7.19. The predicted molar refractivity (Wildman–Crippen MR) is 163 cm³/mol. The molecule has 7 rings (SSSR count). The summed E-state index contributed by atoms with van der Waals surface area (Å²) in [6.07, 6.45) is 0. The maximum atomic E-state index is 3.53. The van der Waals surface area contributed by atoms with Crippen molar-refractivity contribution in [3.63, 3.8) is 0 Å². The number of nitrogens with one attached hydrogen (secondary N) is 1. The fraction of sp³-hybridized carbons (Fsp3) is 0. The molecule has 6 aromatic carbocycles. The van der Waals surface area contributed by atoms with Crippen molar-refractivity contribution in [1.29, 1.82) is 0 Å². The molecule has 1 N–H and O–H groups in total. The van der Waals surface area contributed by atoms with Crippen LogP contribution in [0.1, 0.15) is 1.43 Å². The minimum absolute atomic E-state index is 0. The lowest BCUT2D eigenvalue weighted by Gasteiger charge is -2.10. The predicted octanol–water partition coefficient (Wildman–Crippen LogP) is 10.1. The molecule has 0 aliphatic carbocycles. The molecule has 1 aromatic heterocycles. The van der Waals surface area contributed by atoms with Gasteiger partial charge in [-0.2, -0.15) is 0 Å². The van der Waals surface area contributed by atoms with Crippen LogP contribution in [0.25, 0.3) is 49.7 Å². The summed E-state index contributed by atoms with van der Waals surface area (Å²) in [5.74, 6) is 0. The van der Waals surface area contributed by atoms with Crippen LogP contribution in [0, 0.1) is 0 Å². The molecule has 0 bridgehead atoms. The molecule has 2 nitrogen and oxygen atoms in total. The number of hydrogen-bond donors (Lipinski definition) is 1. The van der Waals surface area contributed by atoms with E-state index < -0.39 is 0 Å². The summed E-state index contributed by atoms with van der Waals surface area (Å²) in [6.45, 7) is 0. The third-order valence-electron chi connectivity index (χ3n) is 7.19. The van der Waals surface area contributed by atoms with Gasteiger partial charge in [0.1, 0.15) is 0 Å². The van der Waals surface area contributed by atoms with Crippen molar-refractivity contribution in [2.24, 2.45) is 0 Å². The van der Waals surface area contributed by atoms with Crippen molar-refractivity contribution in [1.82, 2.24) is 4.57 Å². The highest BCUT2D eigenvalue weighted by Crippen LogP contribution is 2.35. The molecular formula is C36H28N2. The molecule has 7 aromatic rings. The maximum Gasteiger partial charge on any atom is 0.0541 e. The van der Waals surface area contributed by atoms with E-state index in [2.05, 4.69) is 155 Å². The second-order valence-electron chi connectivity index (χ2n) is 9.57. The molecule has 0 saturated heterocycles. The van der Waals surface area contributed by atoms with Gasteiger partial charge >= 0.3 is 0 Å². The van der Waals surface area contributed by atoms with Crippen LogP contribution in [-0.2, 0) is 0 Å². The summed E-state index contributed by atoms with van der Waals surface area (Å²) < 4.78 is 2.35. The van der Waals surface area contributed by atoms with Crippen LogP contribution in [0.4, 0.5) is 11.4 Å². The van der Waals surface area contributed by atoms with Gasteiger partial charge in [0.25, 0.3) is 0 Å². The van der Waals surface area contributed by atoms with Gasteiger partial charge in [0.05, 0.1) is 11.0 Å². The Labute approximate surface area is 223 Å². The van der Waals surface area contributed by atoms with Crippen molar-refractivity contribution in [2.45, 2.75) is 0 Å². The van der Waals surface area contributed by atoms with Gasteiger partial charge in [-0.05, 0) is 76.9 Å². The Morgan fingerprint density at radius 1 is 0.395 bits per heavy atom. The largest absolute Gasteiger partial charge is 0.356 e. The molecule has 0 aliphatic rings. The normalized spacial score (nSPS) is 11.2. The smallest absolute Gasteiger partial charge is 0.0541 e. The van der Waals surface area contributed by atoms with Gasteiger partial charge in [-0.15, -0.1) is 0 Å². The molecule has 0 amide bonds. The minimum Gasteiger partial charge on any atom is -0.356 e. The molecule has 0 unspecified atom stereocenters. The molecular weight excluding hydrogens is 460 g/mol. The summed E-state index contributed by atoms with van der Waals surface area (Å²) >= 11 is 0. The summed E-state index contributed by atoms with van der Waals surface area (Å²) in [7, 11) is 0. The minimum atomic E-state index is 0.